The molecule has 0 aliphatic carbocycles. The lowest BCUT2D eigenvalue weighted by Gasteiger charge is -2.00. The van der Waals surface area contributed by atoms with E-state index in [2.05, 4.69) is 15.6 Å². The first kappa shape index (κ1) is 9.64. The highest BCUT2D eigenvalue weighted by atomic mass is 32.1. The van der Waals surface area contributed by atoms with Crippen LogP contribution >= 0.6 is 11.3 Å². The van der Waals surface area contributed by atoms with Gasteiger partial charge in [0.1, 0.15) is 5.01 Å². The van der Waals surface area contributed by atoms with Crippen LogP contribution in [0.15, 0.2) is 11.6 Å². The molecule has 1 rings (SSSR count). The summed E-state index contributed by atoms with van der Waals surface area (Å²) in [5.41, 5.74) is 0. The Kier molecular flexibility index (Phi) is 4.91. The van der Waals surface area contributed by atoms with Crippen molar-refractivity contribution >= 4 is 11.3 Å². The molecule has 0 bridgehead atoms. The summed E-state index contributed by atoms with van der Waals surface area (Å²) in [5.74, 6) is 0. The second kappa shape index (κ2) is 6.11. The Morgan fingerprint density at radius 1 is 1.67 bits per heavy atom. The zero-order valence-corrected chi connectivity index (χ0v) is 8.10. The number of hydrogen-bond acceptors (Lipinski definition) is 3. The summed E-state index contributed by atoms with van der Waals surface area (Å²) in [6, 6.07) is 0. The third-order valence-electron chi connectivity index (χ3n) is 1.49. The summed E-state index contributed by atoms with van der Waals surface area (Å²) in [7, 11) is 1.85. The van der Waals surface area contributed by atoms with E-state index in [4.69, 9.17) is 0 Å². The highest BCUT2D eigenvalue weighted by Crippen LogP contribution is 2.02. The lowest BCUT2D eigenvalue weighted by atomic mass is 10.4. The Labute approximate surface area is 77.2 Å². The van der Waals surface area contributed by atoms with E-state index in [0.717, 1.165) is 31.1 Å². The minimum Gasteiger partial charge on any atom is -0.310 e. The zero-order valence-electron chi connectivity index (χ0n) is 7.29. The van der Waals surface area contributed by atoms with Crippen LogP contribution in [0.1, 0.15) is 11.4 Å². The third-order valence-corrected chi connectivity index (χ3v) is 2.27. The quantitative estimate of drug-likeness (QED) is 0.666. The molecule has 67 valence electrons. The second-order valence-corrected chi connectivity index (χ2v) is 3.48. The van der Waals surface area contributed by atoms with Gasteiger partial charge in [-0.2, -0.15) is 0 Å². The van der Waals surface area contributed by atoms with Crippen LogP contribution in [0, 0.1) is 0 Å². The molecule has 4 heteroatoms. The molecule has 0 aliphatic heterocycles. The fourth-order valence-electron chi connectivity index (χ4n) is 0.898. The van der Waals surface area contributed by atoms with E-state index in [0.29, 0.717) is 0 Å². The van der Waals surface area contributed by atoms with Gasteiger partial charge in [-0.3, -0.25) is 0 Å². The predicted molar refractivity (Wildman–Crippen MR) is 51.4 cm³/mol. The van der Waals surface area contributed by atoms with Crippen molar-refractivity contribution in [3.05, 3.63) is 16.6 Å². The largest absolute Gasteiger partial charge is 0.310 e. The Bertz CT molecular complexity index is 186. The van der Waals surface area contributed by atoms with Crippen LogP contribution in [-0.4, -0.2) is 25.1 Å². The molecule has 1 heterocycles. The van der Waals surface area contributed by atoms with Crippen LogP contribution in [0.3, 0.4) is 0 Å². The van der Waals surface area contributed by atoms with Gasteiger partial charge in [-0.25, -0.2) is 10.3 Å². The molecular weight excluding hydrogens is 170 g/mol. The van der Waals surface area contributed by atoms with Gasteiger partial charge in [0, 0.05) is 31.7 Å². The average Bonchev–Trinajstić information content (AvgIpc) is 2.57. The summed E-state index contributed by atoms with van der Waals surface area (Å²) >= 11 is 1.69. The van der Waals surface area contributed by atoms with E-state index in [1.54, 1.807) is 11.3 Å². The molecule has 1 aromatic heterocycles. The van der Waals surface area contributed by atoms with Gasteiger partial charge in [0.25, 0.3) is 0 Å². The molecule has 0 saturated carbocycles. The van der Waals surface area contributed by atoms with Gasteiger partial charge in [0.05, 0.1) is 0 Å². The lowest BCUT2D eigenvalue weighted by Crippen LogP contribution is -2.17. The maximum absolute atomic E-state index is 4.17. The molecule has 0 aliphatic rings. The van der Waals surface area contributed by atoms with E-state index >= 15 is 0 Å². The maximum atomic E-state index is 4.17. The number of rotatable bonds is 6. The minimum absolute atomic E-state index is 0.890. The Hall–Kier alpha value is -0.450. The number of nitrogens with zero attached hydrogens (tertiary/aromatic N) is 2. The van der Waals surface area contributed by atoms with Crippen molar-refractivity contribution in [2.45, 2.75) is 13.0 Å². The van der Waals surface area contributed by atoms with Gasteiger partial charge in [-0.1, -0.05) is 0 Å². The molecule has 0 saturated heterocycles. The summed E-state index contributed by atoms with van der Waals surface area (Å²) < 4.78 is 0. The number of nitrogens with one attached hydrogen (secondary N) is 1. The van der Waals surface area contributed by atoms with E-state index < -0.39 is 0 Å². The van der Waals surface area contributed by atoms with Crippen LogP contribution in [0.2, 0.25) is 0 Å². The molecule has 1 aromatic rings. The van der Waals surface area contributed by atoms with Crippen LogP contribution in [-0.2, 0) is 6.54 Å². The summed E-state index contributed by atoms with van der Waals surface area (Å²) in [6.07, 6.45) is 2.95. The zero-order chi connectivity index (χ0) is 8.65. The second-order valence-electron chi connectivity index (χ2n) is 2.50. The number of thiazole rings is 1. The van der Waals surface area contributed by atoms with Crippen LogP contribution in [0.25, 0.3) is 0 Å². The molecule has 1 N–H and O–H groups in total. The fourth-order valence-corrected chi connectivity index (χ4v) is 1.48. The summed E-state index contributed by atoms with van der Waals surface area (Å²) in [5, 5.41) is 10.5. The van der Waals surface area contributed by atoms with Crippen molar-refractivity contribution in [2.24, 2.45) is 0 Å². The van der Waals surface area contributed by atoms with Crippen LogP contribution in [0.5, 0.6) is 0 Å². The van der Waals surface area contributed by atoms with Crippen molar-refractivity contribution in [1.82, 2.24) is 15.6 Å². The van der Waals surface area contributed by atoms with E-state index in [-0.39, 0.29) is 0 Å². The van der Waals surface area contributed by atoms with Gasteiger partial charge in [-0.15, -0.1) is 11.3 Å². The molecule has 3 nitrogen and oxygen atoms in total. The highest BCUT2D eigenvalue weighted by Gasteiger charge is 1.92. The van der Waals surface area contributed by atoms with Crippen LogP contribution < -0.4 is 10.6 Å². The third kappa shape index (κ3) is 3.80. The molecule has 0 fully saturated rings. The Morgan fingerprint density at radius 2 is 2.58 bits per heavy atom. The smallest absolute Gasteiger partial charge is 0.106 e. The maximum Gasteiger partial charge on any atom is 0.106 e. The highest BCUT2D eigenvalue weighted by molar-refractivity contribution is 7.09. The molecule has 0 spiro atoms. The van der Waals surface area contributed by atoms with E-state index in [9.17, 15) is 0 Å². The van der Waals surface area contributed by atoms with Gasteiger partial charge in [-0.05, 0) is 13.0 Å². The number of hydrogen-bond donors (Lipinski definition) is 1. The normalized spacial score (nSPS) is 10.4. The Balaban J connectivity index is 1.96. The number of aromatic nitrogens is 1. The monoisotopic (exact) mass is 184 g/mol. The predicted octanol–water partition coefficient (Wildman–Crippen LogP) is 0.857. The standard InChI is InChI=1S/C8H14N3S/c1-9-3-2-4-10-7-8-11-5-6-12-8/h5-6,10H,2-4,7H2,1H3. The Morgan fingerprint density at radius 3 is 3.25 bits per heavy atom. The van der Waals surface area contributed by atoms with E-state index in [1.165, 1.54) is 0 Å². The van der Waals surface area contributed by atoms with Crippen molar-refractivity contribution in [3.8, 4) is 0 Å². The van der Waals surface area contributed by atoms with Gasteiger partial charge in [0.15, 0.2) is 0 Å². The van der Waals surface area contributed by atoms with Gasteiger partial charge in [0.2, 0.25) is 0 Å². The average molecular weight is 184 g/mol. The first-order valence-electron chi connectivity index (χ1n) is 4.08. The van der Waals surface area contributed by atoms with Crippen molar-refractivity contribution < 1.29 is 0 Å². The molecule has 0 unspecified atom stereocenters. The SMILES string of the molecule is C[N]CCCNCc1nccs1. The van der Waals surface area contributed by atoms with Gasteiger partial charge < -0.3 is 5.32 Å². The molecule has 12 heavy (non-hydrogen) atoms. The fraction of sp³-hybridized carbons (Fsp3) is 0.625. The lowest BCUT2D eigenvalue weighted by molar-refractivity contribution is 0.620. The first-order chi connectivity index (χ1) is 5.93. The molecule has 0 aromatic carbocycles. The summed E-state index contributed by atoms with van der Waals surface area (Å²) in [6.45, 7) is 2.86. The molecular formula is C8H14N3S. The summed E-state index contributed by atoms with van der Waals surface area (Å²) in [4.78, 5) is 4.17. The minimum atomic E-state index is 0.890. The topological polar surface area (TPSA) is 39.0 Å². The van der Waals surface area contributed by atoms with Crippen molar-refractivity contribution in [1.29, 1.82) is 0 Å². The van der Waals surface area contributed by atoms with E-state index in [1.807, 2.05) is 18.6 Å². The first-order valence-corrected chi connectivity index (χ1v) is 4.96. The molecule has 1 radical (unpaired) electrons. The molecule has 0 atom stereocenters. The van der Waals surface area contributed by atoms with Crippen LogP contribution in [0.4, 0.5) is 0 Å². The molecule has 0 amide bonds. The van der Waals surface area contributed by atoms with Gasteiger partial charge >= 0.3 is 0 Å². The van der Waals surface area contributed by atoms with Crippen molar-refractivity contribution in [2.75, 3.05) is 20.1 Å². The van der Waals surface area contributed by atoms with Crippen molar-refractivity contribution in [3.63, 3.8) is 0 Å².